The van der Waals surface area contributed by atoms with Crippen molar-refractivity contribution in [2.45, 2.75) is 32.8 Å². The number of aliphatic hydroxyl groups is 1. The zero-order valence-corrected chi connectivity index (χ0v) is 13.5. The van der Waals surface area contributed by atoms with Crippen molar-refractivity contribution in [3.05, 3.63) is 53.2 Å². The van der Waals surface area contributed by atoms with Gasteiger partial charge in [0.2, 0.25) is 0 Å². The Morgan fingerprint density at radius 1 is 1.35 bits per heavy atom. The lowest BCUT2D eigenvalue weighted by Crippen LogP contribution is -2.40. The number of pyridine rings is 1. The Morgan fingerprint density at radius 3 is 2.65 bits per heavy atom. The third-order valence-corrected chi connectivity index (χ3v) is 4.54. The maximum absolute atomic E-state index is 12.6. The van der Waals surface area contributed by atoms with Crippen molar-refractivity contribution < 1.29 is 14.3 Å². The Balaban J connectivity index is 1.62. The number of furan rings is 1. The highest BCUT2D eigenvalue weighted by Gasteiger charge is 2.30. The van der Waals surface area contributed by atoms with Crippen molar-refractivity contribution in [2.24, 2.45) is 5.92 Å². The SMILES string of the molecule is Cc1cc(C(=O)N2CCC([C@@H](O)c3ccccn3)CC2)c(C)o1. The van der Waals surface area contributed by atoms with Crippen molar-refractivity contribution in [2.75, 3.05) is 13.1 Å². The van der Waals surface area contributed by atoms with E-state index in [1.54, 1.807) is 12.3 Å². The zero-order valence-electron chi connectivity index (χ0n) is 13.5. The van der Waals surface area contributed by atoms with E-state index in [2.05, 4.69) is 4.98 Å². The van der Waals surface area contributed by atoms with Crippen LogP contribution in [0, 0.1) is 19.8 Å². The number of carbonyl (C=O) groups is 1. The van der Waals surface area contributed by atoms with Crippen LogP contribution in [0.25, 0.3) is 0 Å². The molecule has 0 unspecified atom stereocenters. The number of piperidine rings is 1. The minimum Gasteiger partial charge on any atom is -0.466 e. The molecule has 1 N–H and O–H groups in total. The first-order chi connectivity index (χ1) is 11.1. The van der Waals surface area contributed by atoms with Crippen LogP contribution in [0.15, 0.2) is 34.9 Å². The summed E-state index contributed by atoms with van der Waals surface area (Å²) in [5.41, 5.74) is 1.35. The van der Waals surface area contributed by atoms with Crippen molar-refractivity contribution in [1.82, 2.24) is 9.88 Å². The lowest BCUT2D eigenvalue weighted by Gasteiger charge is -2.34. The molecule has 3 heterocycles. The van der Waals surface area contributed by atoms with Gasteiger partial charge in [-0.1, -0.05) is 6.07 Å². The summed E-state index contributed by atoms with van der Waals surface area (Å²) in [4.78, 5) is 18.6. The molecule has 0 aromatic carbocycles. The molecule has 0 saturated carbocycles. The molecule has 122 valence electrons. The van der Waals surface area contributed by atoms with E-state index in [1.165, 1.54) is 0 Å². The smallest absolute Gasteiger partial charge is 0.257 e. The Kier molecular flexibility index (Phi) is 4.48. The molecule has 0 spiro atoms. The molecule has 2 aromatic heterocycles. The zero-order chi connectivity index (χ0) is 16.4. The van der Waals surface area contributed by atoms with E-state index in [9.17, 15) is 9.90 Å². The highest BCUT2D eigenvalue weighted by Crippen LogP contribution is 2.30. The standard InChI is InChI=1S/C18H22N2O3/c1-12-11-15(13(2)23-12)18(22)20-9-6-14(7-10-20)17(21)16-5-3-4-8-19-16/h3-5,8,11,14,17,21H,6-7,9-10H2,1-2H3/t17-/m1/s1. The number of hydrogen-bond donors (Lipinski definition) is 1. The van der Waals surface area contributed by atoms with E-state index in [0.717, 1.165) is 18.6 Å². The lowest BCUT2D eigenvalue weighted by molar-refractivity contribution is 0.0446. The van der Waals surface area contributed by atoms with Gasteiger partial charge in [0.15, 0.2) is 0 Å². The molecule has 1 saturated heterocycles. The highest BCUT2D eigenvalue weighted by molar-refractivity contribution is 5.95. The van der Waals surface area contributed by atoms with Crippen LogP contribution in [0.1, 0.15) is 46.5 Å². The van der Waals surface area contributed by atoms with Gasteiger partial charge in [-0.15, -0.1) is 0 Å². The molecule has 1 aliphatic heterocycles. The molecule has 2 aromatic rings. The van der Waals surface area contributed by atoms with E-state index < -0.39 is 6.10 Å². The predicted octanol–water partition coefficient (Wildman–Crippen LogP) is 2.88. The van der Waals surface area contributed by atoms with E-state index in [-0.39, 0.29) is 11.8 Å². The normalized spacial score (nSPS) is 17.3. The largest absolute Gasteiger partial charge is 0.466 e. The Labute approximate surface area is 135 Å². The van der Waals surface area contributed by atoms with Crippen LogP contribution in [0.3, 0.4) is 0 Å². The molecular weight excluding hydrogens is 292 g/mol. The van der Waals surface area contributed by atoms with Crippen LogP contribution < -0.4 is 0 Å². The summed E-state index contributed by atoms with van der Waals surface area (Å²) in [6, 6.07) is 7.37. The van der Waals surface area contributed by atoms with Crippen molar-refractivity contribution in [3.8, 4) is 0 Å². The summed E-state index contributed by atoms with van der Waals surface area (Å²) in [7, 11) is 0. The van der Waals surface area contributed by atoms with E-state index in [1.807, 2.05) is 36.9 Å². The molecule has 5 heteroatoms. The van der Waals surface area contributed by atoms with Gasteiger partial charge in [0.1, 0.15) is 11.5 Å². The van der Waals surface area contributed by atoms with Crippen LogP contribution >= 0.6 is 0 Å². The molecule has 1 fully saturated rings. The number of aliphatic hydroxyl groups excluding tert-OH is 1. The number of likely N-dealkylation sites (tertiary alicyclic amines) is 1. The monoisotopic (exact) mass is 314 g/mol. The fourth-order valence-electron chi connectivity index (χ4n) is 3.22. The fourth-order valence-corrected chi connectivity index (χ4v) is 3.22. The molecule has 1 atom stereocenters. The average Bonchev–Trinajstić information content (AvgIpc) is 2.93. The molecule has 1 aliphatic rings. The van der Waals surface area contributed by atoms with Gasteiger partial charge in [-0.3, -0.25) is 9.78 Å². The summed E-state index contributed by atoms with van der Waals surface area (Å²) in [5.74, 6) is 1.58. The predicted molar refractivity (Wildman–Crippen MR) is 86.0 cm³/mol. The molecule has 1 amide bonds. The first-order valence-corrected chi connectivity index (χ1v) is 8.01. The van der Waals surface area contributed by atoms with Gasteiger partial charge < -0.3 is 14.4 Å². The molecule has 23 heavy (non-hydrogen) atoms. The van der Waals surface area contributed by atoms with Gasteiger partial charge in [0, 0.05) is 19.3 Å². The minimum atomic E-state index is -0.564. The van der Waals surface area contributed by atoms with E-state index in [4.69, 9.17) is 4.42 Å². The number of nitrogens with zero attached hydrogens (tertiary/aromatic N) is 2. The summed E-state index contributed by atoms with van der Waals surface area (Å²) in [6.45, 7) is 4.96. The highest BCUT2D eigenvalue weighted by atomic mass is 16.3. The van der Waals surface area contributed by atoms with Gasteiger partial charge >= 0.3 is 0 Å². The van der Waals surface area contributed by atoms with Crippen LogP contribution in [-0.4, -0.2) is 34.0 Å². The van der Waals surface area contributed by atoms with Gasteiger partial charge in [-0.2, -0.15) is 0 Å². The van der Waals surface area contributed by atoms with Gasteiger partial charge in [-0.25, -0.2) is 0 Å². The first kappa shape index (κ1) is 15.7. The topological polar surface area (TPSA) is 66.6 Å². The summed E-state index contributed by atoms with van der Waals surface area (Å²) >= 11 is 0. The number of aryl methyl sites for hydroxylation is 2. The van der Waals surface area contributed by atoms with E-state index >= 15 is 0 Å². The van der Waals surface area contributed by atoms with Gasteiger partial charge in [0.25, 0.3) is 5.91 Å². The molecule has 0 bridgehead atoms. The van der Waals surface area contributed by atoms with Gasteiger partial charge in [-0.05, 0) is 50.8 Å². The number of carbonyl (C=O) groups excluding carboxylic acids is 1. The Hall–Kier alpha value is -2.14. The third kappa shape index (κ3) is 3.29. The lowest BCUT2D eigenvalue weighted by atomic mass is 9.89. The van der Waals surface area contributed by atoms with Crippen molar-refractivity contribution in [3.63, 3.8) is 0 Å². The maximum Gasteiger partial charge on any atom is 0.257 e. The van der Waals surface area contributed by atoms with Crippen LogP contribution in [-0.2, 0) is 0 Å². The molecule has 5 nitrogen and oxygen atoms in total. The maximum atomic E-state index is 12.6. The second-order valence-corrected chi connectivity index (χ2v) is 6.16. The van der Waals surface area contributed by atoms with E-state index in [0.29, 0.717) is 30.1 Å². The van der Waals surface area contributed by atoms with Gasteiger partial charge in [0.05, 0.1) is 17.4 Å². The molecule has 0 aliphatic carbocycles. The second-order valence-electron chi connectivity index (χ2n) is 6.16. The quantitative estimate of drug-likeness (QED) is 0.946. The summed E-state index contributed by atoms with van der Waals surface area (Å²) in [5, 5.41) is 10.5. The van der Waals surface area contributed by atoms with Crippen molar-refractivity contribution in [1.29, 1.82) is 0 Å². The van der Waals surface area contributed by atoms with Crippen LogP contribution in [0.4, 0.5) is 0 Å². The molecule has 3 rings (SSSR count). The molecular formula is C18H22N2O3. The summed E-state index contributed by atoms with van der Waals surface area (Å²) < 4.78 is 5.45. The summed E-state index contributed by atoms with van der Waals surface area (Å²) in [6.07, 6.45) is 2.69. The Morgan fingerprint density at radius 2 is 2.09 bits per heavy atom. The van der Waals surface area contributed by atoms with Crippen molar-refractivity contribution >= 4 is 5.91 Å². The Bertz CT molecular complexity index is 673. The third-order valence-electron chi connectivity index (χ3n) is 4.54. The number of hydrogen-bond acceptors (Lipinski definition) is 4. The molecule has 0 radical (unpaired) electrons. The van der Waals surface area contributed by atoms with Crippen LogP contribution in [0.2, 0.25) is 0 Å². The first-order valence-electron chi connectivity index (χ1n) is 8.01. The fraction of sp³-hybridized carbons (Fsp3) is 0.444. The number of rotatable bonds is 3. The average molecular weight is 314 g/mol. The van der Waals surface area contributed by atoms with Crippen LogP contribution in [0.5, 0.6) is 0 Å². The second kappa shape index (κ2) is 6.54. The number of amides is 1. The number of aromatic nitrogens is 1. The minimum absolute atomic E-state index is 0.0186.